The number of aryl methyl sites for hydroxylation is 3. The van der Waals surface area contributed by atoms with Crippen LogP contribution in [-0.4, -0.2) is 29.0 Å². The first-order valence-electron chi connectivity index (χ1n) is 8.17. The Labute approximate surface area is 150 Å². The summed E-state index contributed by atoms with van der Waals surface area (Å²) in [6.07, 6.45) is 3.81. The average Bonchev–Trinajstić information content (AvgIpc) is 2.57. The molecule has 2 heterocycles. The Morgan fingerprint density at radius 1 is 1.21 bits per heavy atom. The highest BCUT2D eigenvalue weighted by molar-refractivity contribution is 9.10. The number of piperidine rings is 1. The standard InChI is InChI=1S/C18H22BrN3O2/c1-12-5-4-6-13(2)17(12)24-14-7-9-22(10-8-14)15-11-20-21(3)18(23)16(15)19/h4-6,11,14H,7-10H2,1-3H3. The van der Waals surface area contributed by atoms with Gasteiger partial charge in [0.2, 0.25) is 0 Å². The van der Waals surface area contributed by atoms with Gasteiger partial charge in [-0.05, 0) is 40.9 Å². The smallest absolute Gasteiger partial charge is 0.282 e. The second kappa shape index (κ2) is 6.97. The zero-order valence-corrected chi connectivity index (χ0v) is 15.8. The predicted molar refractivity (Wildman–Crippen MR) is 99.0 cm³/mol. The molecule has 0 N–H and O–H groups in total. The van der Waals surface area contributed by atoms with Crippen LogP contribution in [0.1, 0.15) is 24.0 Å². The lowest BCUT2D eigenvalue weighted by Crippen LogP contribution is -2.39. The molecule has 0 saturated carbocycles. The monoisotopic (exact) mass is 391 g/mol. The fourth-order valence-corrected chi connectivity index (χ4v) is 3.70. The van der Waals surface area contributed by atoms with Crippen molar-refractivity contribution in [3.63, 3.8) is 0 Å². The zero-order valence-electron chi connectivity index (χ0n) is 14.3. The summed E-state index contributed by atoms with van der Waals surface area (Å²) in [5.74, 6) is 1.01. The number of ether oxygens (including phenoxy) is 1. The third-order valence-corrected chi connectivity index (χ3v) is 5.28. The fourth-order valence-electron chi connectivity index (χ4n) is 3.09. The summed E-state index contributed by atoms with van der Waals surface area (Å²) in [7, 11) is 1.65. The van der Waals surface area contributed by atoms with Gasteiger partial charge in [-0.25, -0.2) is 4.68 Å². The van der Waals surface area contributed by atoms with Crippen molar-refractivity contribution in [2.45, 2.75) is 32.8 Å². The van der Waals surface area contributed by atoms with Crippen molar-refractivity contribution >= 4 is 21.6 Å². The SMILES string of the molecule is Cc1cccc(C)c1OC1CCN(c2cnn(C)c(=O)c2Br)CC1. The molecule has 24 heavy (non-hydrogen) atoms. The molecule has 5 nitrogen and oxygen atoms in total. The molecule has 1 fully saturated rings. The molecule has 3 rings (SSSR count). The number of aromatic nitrogens is 2. The van der Waals surface area contributed by atoms with E-state index < -0.39 is 0 Å². The molecule has 2 aromatic rings. The quantitative estimate of drug-likeness (QED) is 0.805. The highest BCUT2D eigenvalue weighted by atomic mass is 79.9. The molecule has 1 aromatic heterocycles. The number of hydrogen-bond acceptors (Lipinski definition) is 4. The van der Waals surface area contributed by atoms with Gasteiger partial charge in [0.15, 0.2) is 0 Å². The average molecular weight is 392 g/mol. The van der Waals surface area contributed by atoms with Crippen LogP contribution in [0.15, 0.2) is 33.7 Å². The van der Waals surface area contributed by atoms with E-state index in [0.29, 0.717) is 4.47 Å². The molecule has 1 aliphatic heterocycles. The number of para-hydroxylation sites is 1. The van der Waals surface area contributed by atoms with Crippen LogP contribution < -0.4 is 15.2 Å². The Morgan fingerprint density at radius 2 is 1.83 bits per heavy atom. The number of benzene rings is 1. The van der Waals surface area contributed by atoms with Gasteiger partial charge in [0.05, 0.1) is 11.9 Å². The van der Waals surface area contributed by atoms with Gasteiger partial charge in [0.1, 0.15) is 16.3 Å². The van der Waals surface area contributed by atoms with Crippen molar-refractivity contribution in [2.75, 3.05) is 18.0 Å². The predicted octanol–water partition coefficient (Wildman–Crippen LogP) is 3.21. The van der Waals surface area contributed by atoms with E-state index in [9.17, 15) is 4.79 Å². The van der Waals surface area contributed by atoms with Crippen LogP contribution in [0, 0.1) is 13.8 Å². The van der Waals surface area contributed by atoms with Crippen LogP contribution in [0.4, 0.5) is 5.69 Å². The third-order valence-electron chi connectivity index (χ3n) is 4.54. The van der Waals surface area contributed by atoms with Gasteiger partial charge in [-0.1, -0.05) is 18.2 Å². The molecule has 1 saturated heterocycles. The normalized spacial score (nSPS) is 15.6. The number of anilines is 1. The van der Waals surface area contributed by atoms with Crippen LogP contribution in [0.5, 0.6) is 5.75 Å². The topological polar surface area (TPSA) is 47.4 Å². The van der Waals surface area contributed by atoms with E-state index in [1.807, 2.05) is 0 Å². The van der Waals surface area contributed by atoms with Crippen molar-refractivity contribution in [2.24, 2.45) is 7.05 Å². The minimum atomic E-state index is -0.110. The maximum Gasteiger partial charge on any atom is 0.282 e. The Hall–Kier alpha value is -1.82. The molecule has 6 heteroatoms. The highest BCUT2D eigenvalue weighted by Gasteiger charge is 2.24. The molecule has 0 atom stereocenters. The Bertz CT molecular complexity index is 775. The molecule has 0 bridgehead atoms. The van der Waals surface area contributed by atoms with Gasteiger partial charge in [-0.15, -0.1) is 0 Å². The minimum absolute atomic E-state index is 0.110. The van der Waals surface area contributed by atoms with E-state index >= 15 is 0 Å². The summed E-state index contributed by atoms with van der Waals surface area (Å²) in [6, 6.07) is 6.22. The molecule has 0 spiro atoms. The van der Waals surface area contributed by atoms with Crippen molar-refractivity contribution in [3.05, 3.63) is 50.3 Å². The van der Waals surface area contributed by atoms with Crippen molar-refractivity contribution in [1.29, 1.82) is 0 Å². The van der Waals surface area contributed by atoms with E-state index in [2.05, 4.69) is 58.0 Å². The van der Waals surface area contributed by atoms with E-state index in [1.165, 1.54) is 15.8 Å². The van der Waals surface area contributed by atoms with E-state index in [-0.39, 0.29) is 11.7 Å². The fraction of sp³-hybridized carbons (Fsp3) is 0.444. The Morgan fingerprint density at radius 3 is 2.46 bits per heavy atom. The minimum Gasteiger partial charge on any atom is -0.490 e. The molecule has 0 aliphatic carbocycles. The van der Waals surface area contributed by atoms with Crippen molar-refractivity contribution in [1.82, 2.24) is 9.78 Å². The maximum absolute atomic E-state index is 12.0. The van der Waals surface area contributed by atoms with Crippen molar-refractivity contribution < 1.29 is 4.74 Å². The number of rotatable bonds is 3. The molecular weight excluding hydrogens is 370 g/mol. The lowest BCUT2D eigenvalue weighted by atomic mass is 10.1. The van der Waals surface area contributed by atoms with Crippen LogP contribution in [0.25, 0.3) is 0 Å². The summed E-state index contributed by atoms with van der Waals surface area (Å²) in [4.78, 5) is 14.2. The van der Waals surface area contributed by atoms with Crippen molar-refractivity contribution in [3.8, 4) is 5.75 Å². The first-order valence-corrected chi connectivity index (χ1v) is 8.96. The summed E-state index contributed by atoms with van der Waals surface area (Å²) in [5.41, 5.74) is 3.11. The highest BCUT2D eigenvalue weighted by Crippen LogP contribution is 2.29. The first-order chi connectivity index (χ1) is 11.5. The lowest BCUT2D eigenvalue weighted by Gasteiger charge is -2.34. The van der Waals surface area contributed by atoms with Crippen LogP contribution >= 0.6 is 15.9 Å². The molecule has 1 aromatic carbocycles. The van der Waals surface area contributed by atoms with Gasteiger partial charge in [0, 0.05) is 33.0 Å². The second-order valence-corrected chi connectivity index (χ2v) is 7.09. The Balaban J connectivity index is 1.68. The largest absolute Gasteiger partial charge is 0.490 e. The van der Waals surface area contributed by atoms with E-state index in [1.54, 1.807) is 13.2 Å². The van der Waals surface area contributed by atoms with Gasteiger partial charge in [0.25, 0.3) is 5.56 Å². The Kier molecular flexibility index (Phi) is 4.94. The van der Waals surface area contributed by atoms with E-state index in [4.69, 9.17) is 4.74 Å². The third kappa shape index (κ3) is 3.34. The summed E-state index contributed by atoms with van der Waals surface area (Å²) >= 11 is 3.41. The van der Waals surface area contributed by atoms with Gasteiger partial charge in [-0.3, -0.25) is 4.79 Å². The number of nitrogens with zero attached hydrogens (tertiary/aromatic N) is 3. The number of halogens is 1. The number of hydrogen-bond donors (Lipinski definition) is 0. The van der Waals surface area contributed by atoms with E-state index in [0.717, 1.165) is 37.4 Å². The maximum atomic E-state index is 12.0. The molecule has 1 aliphatic rings. The second-order valence-electron chi connectivity index (χ2n) is 6.30. The zero-order chi connectivity index (χ0) is 17.3. The molecule has 0 unspecified atom stereocenters. The molecule has 0 radical (unpaired) electrons. The molecular formula is C18H22BrN3O2. The van der Waals surface area contributed by atoms with Crippen LogP contribution in [-0.2, 0) is 7.05 Å². The lowest BCUT2D eigenvalue weighted by molar-refractivity contribution is 0.168. The molecule has 0 amide bonds. The summed E-state index contributed by atoms with van der Waals surface area (Å²) < 4.78 is 8.17. The van der Waals surface area contributed by atoms with Crippen LogP contribution in [0.2, 0.25) is 0 Å². The summed E-state index contributed by atoms with van der Waals surface area (Å²) in [6.45, 7) is 5.87. The van der Waals surface area contributed by atoms with Crippen LogP contribution in [0.3, 0.4) is 0 Å². The van der Waals surface area contributed by atoms with Gasteiger partial charge < -0.3 is 9.64 Å². The van der Waals surface area contributed by atoms with Gasteiger partial charge >= 0.3 is 0 Å². The molecule has 128 valence electrons. The summed E-state index contributed by atoms with van der Waals surface area (Å²) in [5, 5.41) is 4.13. The van der Waals surface area contributed by atoms with Gasteiger partial charge in [-0.2, -0.15) is 5.10 Å². The first kappa shape index (κ1) is 17.0.